The Morgan fingerprint density at radius 2 is 1.80 bits per heavy atom. The molecule has 0 aliphatic heterocycles. The smallest absolute Gasteiger partial charge is 0.335 e. The zero-order valence-electron chi connectivity index (χ0n) is 10.7. The highest BCUT2D eigenvalue weighted by Crippen LogP contribution is 2.26. The molecular weight excluding hydrogens is 270 g/mol. The number of hydroxylamine groups is 1. The van der Waals surface area contributed by atoms with E-state index in [2.05, 4.69) is 5.73 Å². The highest BCUT2D eigenvalue weighted by atomic mass is 16.5. The lowest BCUT2D eigenvalue weighted by Crippen LogP contribution is -2.46. The summed E-state index contributed by atoms with van der Waals surface area (Å²) < 4.78 is 0. The summed E-state index contributed by atoms with van der Waals surface area (Å²) in [5, 5.41) is 34.5. The molecule has 1 atom stereocenters. The van der Waals surface area contributed by atoms with E-state index >= 15 is 0 Å². The molecule has 0 bridgehead atoms. The van der Waals surface area contributed by atoms with Crippen LogP contribution in [0.3, 0.4) is 0 Å². The van der Waals surface area contributed by atoms with Crippen molar-refractivity contribution < 1.29 is 30.1 Å². The molecule has 0 fully saturated rings. The van der Waals surface area contributed by atoms with Gasteiger partial charge in [0.05, 0.1) is 0 Å². The van der Waals surface area contributed by atoms with E-state index in [0.29, 0.717) is 5.56 Å². The molecule has 0 radical (unpaired) electrons. The minimum atomic E-state index is -1.39. The Labute approximate surface area is 114 Å². The molecule has 9 heteroatoms. The highest BCUT2D eigenvalue weighted by Gasteiger charge is 2.28. The maximum absolute atomic E-state index is 10.7. The van der Waals surface area contributed by atoms with Gasteiger partial charge in [-0.3, -0.25) is 10.0 Å². The van der Waals surface area contributed by atoms with Crippen molar-refractivity contribution in [3.8, 4) is 11.5 Å². The first-order chi connectivity index (χ1) is 9.10. The SMILES string of the molecule is CC(N)(Cc1ccc(O)c(O)c1)C(=O)O.NC(=O)NO. The third kappa shape index (κ3) is 5.89. The summed E-state index contributed by atoms with van der Waals surface area (Å²) in [7, 11) is 0. The van der Waals surface area contributed by atoms with E-state index in [9.17, 15) is 14.7 Å². The Balaban J connectivity index is 0.000000621. The minimum absolute atomic E-state index is 0.0795. The molecular formula is C11H17N3O6. The molecule has 112 valence electrons. The molecule has 0 aliphatic rings. The van der Waals surface area contributed by atoms with Crippen LogP contribution in [0, 0.1) is 0 Å². The summed E-state index contributed by atoms with van der Waals surface area (Å²) in [4.78, 5) is 20.0. The van der Waals surface area contributed by atoms with Gasteiger partial charge in [0.2, 0.25) is 0 Å². The van der Waals surface area contributed by atoms with Gasteiger partial charge in [-0.05, 0) is 24.6 Å². The van der Waals surface area contributed by atoms with Crippen molar-refractivity contribution >= 4 is 12.0 Å². The Bertz CT molecular complexity index is 489. The van der Waals surface area contributed by atoms with E-state index in [1.165, 1.54) is 30.6 Å². The number of amides is 2. The fraction of sp³-hybridized carbons (Fsp3) is 0.273. The molecule has 0 aliphatic carbocycles. The molecule has 0 spiro atoms. The number of rotatable bonds is 3. The number of carbonyl (C=O) groups is 2. The molecule has 0 saturated carbocycles. The minimum Gasteiger partial charge on any atom is -0.504 e. The molecule has 1 aromatic rings. The number of urea groups is 1. The lowest BCUT2D eigenvalue weighted by atomic mass is 9.94. The van der Waals surface area contributed by atoms with E-state index in [0.717, 1.165) is 0 Å². The first kappa shape index (κ1) is 17.5. The van der Waals surface area contributed by atoms with Gasteiger partial charge in [0, 0.05) is 6.42 Å². The number of aliphatic carboxylic acids is 1. The van der Waals surface area contributed by atoms with E-state index in [1.54, 1.807) is 0 Å². The lowest BCUT2D eigenvalue weighted by Gasteiger charge is -2.19. The van der Waals surface area contributed by atoms with Crippen molar-refractivity contribution in [2.45, 2.75) is 18.9 Å². The predicted molar refractivity (Wildman–Crippen MR) is 68.2 cm³/mol. The predicted octanol–water partition coefficient (Wildman–Crippen LogP) is -0.514. The Kier molecular flexibility index (Phi) is 6.26. The van der Waals surface area contributed by atoms with Crippen LogP contribution in [0.15, 0.2) is 18.2 Å². The van der Waals surface area contributed by atoms with Gasteiger partial charge >= 0.3 is 12.0 Å². The van der Waals surface area contributed by atoms with E-state index in [4.69, 9.17) is 21.2 Å². The Hall–Kier alpha value is -2.52. The monoisotopic (exact) mass is 287 g/mol. The van der Waals surface area contributed by atoms with Crippen LogP contribution >= 0.6 is 0 Å². The third-order valence-electron chi connectivity index (χ3n) is 2.21. The molecule has 1 unspecified atom stereocenters. The Morgan fingerprint density at radius 3 is 2.15 bits per heavy atom. The van der Waals surface area contributed by atoms with Crippen molar-refractivity contribution in [2.24, 2.45) is 11.5 Å². The normalized spacial score (nSPS) is 12.6. The number of carbonyl (C=O) groups excluding carboxylic acids is 1. The zero-order chi connectivity index (χ0) is 15.9. The van der Waals surface area contributed by atoms with Gasteiger partial charge in [-0.25, -0.2) is 10.3 Å². The van der Waals surface area contributed by atoms with Crippen LogP contribution in [-0.4, -0.2) is 38.1 Å². The number of carboxylic acids is 1. The molecule has 9 N–H and O–H groups in total. The van der Waals surface area contributed by atoms with E-state index < -0.39 is 17.5 Å². The van der Waals surface area contributed by atoms with Crippen LogP contribution < -0.4 is 16.9 Å². The van der Waals surface area contributed by atoms with Gasteiger partial charge in [0.1, 0.15) is 5.54 Å². The van der Waals surface area contributed by atoms with E-state index in [1.807, 2.05) is 0 Å². The quantitative estimate of drug-likeness (QED) is 0.222. The van der Waals surface area contributed by atoms with Crippen LogP contribution in [0.5, 0.6) is 11.5 Å². The third-order valence-corrected chi connectivity index (χ3v) is 2.21. The molecule has 1 aromatic carbocycles. The maximum Gasteiger partial charge on any atom is 0.335 e. The number of hydrogen-bond donors (Lipinski definition) is 7. The van der Waals surface area contributed by atoms with Gasteiger partial charge < -0.3 is 26.8 Å². The summed E-state index contributed by atoms with van der Waals surface area (Å²) in [6, 6.07) is 3.17. The second-order valence-electron chi connectivity index (χ2n) is 4.20. The molecule has 0 heterocycles. The fourth-order valence-electron chi connectivity index (χ4n) is 1.18. The van der Waals surface area contributed by atoms with Gasteiger partial charge in [-0.15, -0.1) is 0 Å². The first-order valence-corrected chi connectivity index (χ1v) is 5.33. The van der Waals surface area contributed by atoms with Crippen LogP contribution in [0.1, 0.15) is 12.5 Å². The summed E-state index contributed by atoms with van der Waals surface area (Å²) in [5.74, 6) is -1.64. The average molecular weight is 287 g/mol. The number of hydrogen-bond acceptors (Lipinski definition) is 6. The van der Waals surface area contributed by atoms with Crippen molar-refractivity contribution in [3.05, 3.63) is 23.8 Å². The van der Waals surface area contributed by atoms with Crippen molar-refractivity contribution in [1.29, 1.82) is 0 Å². The molecule has 9 nitrogen and oxygen atoms in total. The second kappa shape index (κ2) is 7.16. The first-order valence-electron chi connectivity index (χ1n) is 5.33. The molecule has 0 saturated heterocycles. The number of phenols is 2. The fourth-order valence-corrected chi connectivity index (χ4v) is 1.18. The van der Waals surface area contributed by atoms with Gasteiger partial charge in [-0.2, -0.15) is 0 Å². The van der Waals surface area contributed by atoms with Crippen LogP contribution in [0.25, 0.3) is 0 Å². The maximum atomic E-state index is 10.7. The highest BCUT2D eigenvalue weighted by molar-refractivity contribution is 5.78. The zero-order valence-corrected chi connectivity index (χ0v) is 10.7. The number of primary amides is 1. The van der Waals surface area contributed by atoms with Gasteiger partial charge in [0.25, 0.3) is 0 Å². The van der Waals surface area contributed by atoms with Crippen LogP contribution in [0.4, 0.5) is 4.79 Å². The van der Waals surface area contributed by atoms with Crippen LogP contribution in [-0.2, 0) is 11.2 Å². The van der Waals surface area contributed by atoms with Gasteiger partial charge in [-0.1, -0.05) is 6.07 Å². The summed E-state index contributed by atoms with van der Waals surface area (Å²) in [6.45, 7) is 1.39. The lowest BCUT2D eigenvalue weighted by molar-refractivity contribution is -0.142. The molecule has 1 rings (SSSR count). The topological polar surface area (TPSA) is 179 Å². The van der Waals surface area contributed by atoms with E-state index in [-0.39, 0.29) is 17.9 Å². The number of carboxylic acid groups (broad SMARTS) is 1. The van der Waals surface area contributed by atoms with Crippen molar-refractivity contribution in [2.75, 3.05) is 0 Å². The number of nitrogens with two attached hydrogens (primary N) is 2. The Morgan fingerprint density at radius 1 is 1.30 bits per heavy atom. The van der Waals surface area contributed by atoms with Crippen molar-refractivity contribution in [1.82, 2.24) is 5.48 Å². The summed E-state index contributed by atoms with van der Waals surface area (Å²) in [6.07, 6.45) is 0.0795. The molecule has 0 aromatic heterocycles. The number of aromatic hydroxyl groups is 2. The number of phenolic OH excluding ortho intramolecular Hbond substituents is 2. The number of nitrogens with one attached hydrogen (secondary N) is 1. The van der Waals surface area contributed by atoms with Gasteiger partial charge in [0.15, 0.2) is 11.5 Å². The standard InChI is InChI=1S/C10H13NO4.CH4N2O2/c1-10(11,9(14)15)5-6-2-3-7(12)8(13)4-6;2-1(4)3-5/h2-4,12-13H,5,11H2,1H3,(H,14,15);5H,(H3,2,3,4). The average Bonchev–Trinajstić information content (AvgIpc) is 2.34. The molecule has 20 heavy (non-hydrogen) atoms. The second-order valence-corrected chi connectivity index (χ2v) is 4.20. The summed E-state index contributed by atoms with van der Waals surface area (Å²) in [5.41, 5.74) is 10.2. The van der Waals surface area contributed by atoms with Crippen molar-refractivity contribution in [3.63, 3.8) is 0 Å². The molecule has 2 amide bonds. The number of benzene rings is 1. The summed E-state index contributed by atoms with van der Waals surface area (Å²) >= 11 is 0. The largest absolute Gasteiger partial charge is 0.504 e. The van der Waals surface area contributed by atoms with Crippen LogP contribution in [0.2, 0.25) is 0 Å².